The van der Waals surface area contributed by atoms with Gasteiger partial charge in [0.2, 0.25) is 0 Å². The van der Waals surface area contributed by atoms with Crippen molar-refractivity contribution in [1.29, 1.82) is 0 Å². The summed E-state index contributed by atoms with van der Waals surface area (Å²) in [6, 6.07) is 17.2. The average Bonchev–Trinajstić information content (AvgIpc) is 2.73. The van der Waals surface area contributed by atoms with Crippen LogP contribution in [-0.2, 0) is 15.1 Å². The molecule has 0 aliphatic heterocycles. The third-order valence-corrected chi connectivity index (χ3v) is 6.01. The van der Waals surface area contributed by atoms with Crippen LogP contribution in [0.4, 0.5) is 0 Å². The lowest BCUT2D eigenvalue weighted by Crippen LogP contribution is -2.40. The highest BCUT2D eigenvalue weighted by Crippen LogP contribution is 2.47. The summed E-state index contributed by atoms with van der Waals surface area (Å²) in [6.07, 6.45) is 2.70. The lowest BCUT2D eigenvalue weighted by atomic mass is 9.70. The Morgan fingerprint density at radius 1 is 1.16 bits per heavy atom. The molecule has 1 aliphatic carbocycles. The number of rotatable bonds is 7. The van der Waals surface area contributed by atoms with Crippen LogP contribution < -0.4 is 5.32 Å². The van der Waals surface area contributed by atoms with Gasteiger partial charge in [0, 0.05) is 29.6 Å². The standard InChI is InChI=1S/C27H34ClNO3/c1-5-6-16-29-23-18-27(31,20-12-14-21(28)15-13-20)17-22(19-10-8-7-9-11-19)24(23)25(30)32-26(2,3)4/h7-15,22,29,31H,5-6,16-18H2,1-4H3/t22-,27+/m1/s1. The normalized spacial score (nSPS) is 21.4. The van der Waals surface area contributed by atoms with Crippen molar-refractivity contribution in [3.8, 4) is 0 Å². The molecular formula is C27H34ClNO3. The zero-order chi connectivity index (χ0) is 23.4. The number of hydrogen-bond donors (Lipinski definition) is 2. The molecule has 0 saturated heterocycles. The van der Waals surface area contributed by atoms with Crippen molar-refractivity contribution in [3.63, 3.8) is 0 Å². The third-order valence-electron chi connectivity index (χ3n) is 5.76. The molecular weight excluding hydrogens is 422 g/mol. The fourth-order valence-corrected chi connectivity index (χ4v) is 4.36. The van der Waals surface area contributed by atoms with Crippen molar-refractivity contribution < 1.29 is 14.6 Å². The van der Waals surface area contributed by atoms with Gasteiger partial charge in [-0.05, 0) is 56.9 Å². The average molecular weight is 456 g/mol. The number of aliphatic hydroxyl groups is 1. The van der Waals surface area contributed by atoms with E-state index in [0.717, 1.165) is 36.2 Å². The minimum Gasteiger partial charge on any atom is -0.457 e. The summed E-state index contributed by atoms with van der Waals surface area (Å²) in [5, 5.41) is 15.9. The van der Waals surface area contributed by atoms with Crippen molar-refractivity contribution in [1.82, 2.24) is 5.32 Å². The Morgan fingerprint density at radius 2 is 1.81 bits per heavy atom. The Labute approximate surface area is 196 Å². The first-order valence-corrected chi connectivity index (χ1v) is 11.7. The van der Waals surface area contributed by atoms with E-state index in [4.69, 9.17) is 16.3 Å². The maximum Gasteiger partial charge on any atom is 0.336 e. The van der Waals surface area contributed by atoms with E-state index in [-0.39, 0.29) is 11.9 Å². The number of nitrogens with one attached hydrogen (secondary N) is 1. The molecule has 32 heavy (non-hydrogen) atoms. The molecule has 2 aromatic carbocycles. The maximum absolute atomic E-state index is 13.4. The number of hydrogen-bond acceptors (Lipinski definition) is 4. The number of halogens is 1. The second-order valence-corrected chi connectivity index (χ2v) is 9.99. The lowest BCUT2D eigenvalue weighted by Gasteiger charge is -2.40. The molecule has 0 spiro atoms. The van der Waals surface area contributed by atoms with Crippen LogP contribution in [0.3, 0.4) is 0 Å². The number of benzene rings is 2. The van der Waals surface area contributed by atoms with Gasteiger partial charge in [0.15, 0.2) is 0 Å². The number of esters is 1. The van der Waals surface area contributed by atoms with Crippen LogP contribution in [0.2, 0.25) is 5.02 Å². The van der Waals surface area contributed by atoms with Gasteiger partial charge in [-0.1, -0.05) is 67.4 Å². The molecule has 2 N–H and O–H groups in total. The van der Waals surface area contributed by atoms with Gasteiger partial charge >= 0.3 is 5.97 Å². The molecule has 0 radical (unpaired) electrons. The topological polar surface area (TPSA) is 58.6 Å². The lowest BCUT2D eigenvalue weighted by molar-refractivity contribution is -0.150. The summed E-state index contributed by atoms with van der Waals surface area (Å²) in [6.45, 7) is 8.49. The fraction of sp³-hybridized carbons (Fsp3) is 0.444. The summed E-state index contributed by atoms with van der Waals surface area (Å²) >= 11 is 6.10. The van der Waals surface area contributed by atoms with Crippen molar-refractivity contribution in [2.24, 2.45) is 0 Å². The second-order valence-electron chi connectivity index (χ2n) is 9.56. The van der Waals surface area contributed by atoms with Crippen LogP contribution >= 0.6 is 11.6 Å². The highest BCUT2D eigenvalue weighted by atomic mass is 35.5. The summed E-state index contributed by atoms with van der Waals surface area (Å²) in [5.41, 5.74) is 1.40. The Morgan fingerprint density at radius 3 is 2.41 bits per heavy atom. The van der Waals surface area contributed by atoms with Gasteiger partial charge in [-0.25, -0.2) is 4.79 Å². The van der Waals surface area contributed by atoms with E-state index in [1.165, 1.54) is 0 Å². The zero-order valence-electron chi connectivity index (χ0n) is 19.5. The summed E-state index contributed by atoms with van der Waals surface area (Å²) < 4.78 is 5.82. The van der Waals surface area contributed by atoms with E-state index in [9.17, 15) is 9.90 Å². The molecule has 4 nitrogen and oxygen atoms in total. The van der Waals surface area contributed by atoms with Crippen molar-refractivity contribution in [3.05, 3.63) is 82.0 Å². The zero-order valence-corrected chi connectivity index (χ0v) is 20.2. The van der Waals surface area contributed by atoms with E-state index in [1.807, 2.05) is 63.2 Å². The molecule has 0 fully saturated rings. The summed E-state index contributed by atoms with van der Waals surface area (Å²) in [5.74, 6) is -0.631. The predicted molar refractivity (Wildman–Crippen MR) is 130 cm³/mol. The van der Waals surface area contributed by atoms with Crippen LogP contribution in [0.5, 0.6) is 0 Å². The van der Waals surface area contributed by atoms with E-state index in [0.29, 0.717) is 23.4 Å². The van der Waals surface area contributed by atoms with Gasteiger partial charge < -0.3 is 15.2 Å². The molecule has 0 heterocycles. The smallest absolute Gasteiger partial charge is 0.336 e. The number of ether oxygens (including phenoxy) is 1. The monoisotopic (exact) mass is 455 g/mol. The molecule has 5 heteroatoms. The summed E-state index contributed by atoms with van der Waals surface area (Å²) in [7, 11) is 0. The van der Waals surface area contributed by atoms with E-state index >= 15 is 0 Å². The van der Waals surface area contributed by atoms with Crippen molar-refractivity contribution in [2.75, 3.05) is 6.54 Å². The molecule has 1 aliphatic rings. The molecule has 2 atom stereocenters. The largest absolute Gasteiger partial charge is 0.457 e. The number of unbranched alkanes of at least 4 members (excludes halogenated alkanes) is 1. The SMILES string of the molecule is CCCCNC1=C(C(=O)OC(C)(C)C)[C@@H](c2ccccc2)C[C@@](O)(c2ccc(Cl)cc2)C1. The van der Waals surface area contributed by atoms with Gasteiger partial charge in [0.25, 0.3) is 0 Å². The quantitative estimate of drug-likeness (QED) is 0.391. The molecule has 0 amide bonds. The Hall–Kier alpha value is -2.30. The van der Waals surface area contributed by atoms with Crippen LogP contribution in [-0.4, -0.2) is 23.2 Å². The van der Waals surface area contributed by atoms with Gasteiger partial charge in [0.1, 0.15) is 5.60 Å². The Bertz CT molecular complexity index is 947. The number of carbonyl (C=O) groups is 1. The van der Waals surface area contributed by atoms with E-state index < -0.39 is 11.2 Å². The highest BCUT2D eigenvalue weighted by molar-refractivity contribution is 6.30. The number of carbonyl (C=O) groups excluding carboxylic acids is 1. The first-order chi connectivity index (χ1) is 15.1. The molecule has 0 saturated carbocycles. The predicted octanol–water partition coefficient (Wildman–Crippen LogP) is 6.09. The van der Waals surface area contributed by atoms with E-state index in [1.54, 1.807) is 12.1 Å². The van der Waals surface area contributed by atoms with Crippen LogP contribution in [0.1, 0.15) is 70.4 Å². The summed E-state index contributed by atoms with van der Waals surface area (Å²) in [4.78, 5) is 13.4. The Balaban J connectivity index is 2.12. The maximum atomic E-state index is 13.4. The van der Waals surface area contributed by atoms with E-state index in [2.05, 4.69) is 12.2 Å². The third kappa shape index (κ3) is 5.93. The second kappa shape index (κ2) is 10.1. The van der Waals surface area contributed by atoms with Crippen molar-refractivity contribution >= 4 is 17.6 Å². The Kier molecular flexibility index (Phi) is 7.68. The molecule has 0 bridgehead atoms. The van der Waals surface area contributed by atoms with Crippen LogP contribution in [0, 0.1) is 0 Å². The first-order valence-electron chi connectivity index (χ1n) is 11.4. The van der Waals surface area contributed by atoms with Crippen molar-refractivity contribution in [2.45, 2.75) is 70.5 Å². The molecule has 0 unspecified atom stereocenters. The van der Waals surface area contributed by atoms with Gasteiger partial charge in [-0.2, -0.15) is 0 Å². The molecule has 0 aromatic heterocycles. The minimum absolute atomic E-state index is 0.301. The van der Waals surface area contributed by atoms with Crippen LogP contribution in [0.15, 0.2) is 65.9 Å². The fourth-order valence-electron chi connectivity index (χ4n) is 4.23. The first kappa shape index (κ1) is 24.3. The van der Waals surface area contributed by atoms with Gasteiger partial charge in [-0.15, -0.1) is 0 Å². The van der Waals surface area contributed by atoms with Crippen LogP contribution in [0.25, 0.3) is 0 Å². The van der Waals surface area contributed by atoms with Gasteiger partial charge in [-0.3, -0.25) is 0 Å². The minimum atomic E-state index is -1.13. The molecule has 2 aromatic rings. The highest BCUT2D eigenvalue weighted by Gasteiger charge is 2.44. The molecule has 3 rings (SSSR count). The van der Waals surface area contributed by atoms with Gasteiger partial charge in [0.05, 0.1) is 11.2 Å². The molecule has 172 valence electrons.